The van der Waals surface area contributed by atoms with Crippen molar-refractivity contribution >= 4 is 40.7 Å². The Labute approximate surface area is 210 Å². The first kappa shape index (κ1) is 22.2. The summed E-state index contributed by atoms with van der Waals surface area (Å²) in [5.74, 6) is 2.84. The van der Waals surface area contributed by atoms with Gasteiger partial charge in [-0.05, 0) is 60.9 Å². The van der Waals surface area contributed by atoms with E-state index in [0.29, 0.717) is 6.04 Å². The molecule has 4 heterocycles. The lowest BCUT2D eigenvalue weighted by molar-refractivity contribution is -0.119. The van der Waals surface area contributed by atoms with E-state index in [1.54, 1.807) is 11.1 Å². The van der Waals surface area contributed by atoms with E-state index in [4.69, 9.17) is 4.98 Å². The Morgan fingerprint density at radius 1 is 1.14 bits per heavy atom. The summed E-state index contributed by atoms with van der Waals surface area (Å²) in [4.78, 5) is 30.0. The zero-order chi connectivity index (χ0) is 24.3. The number of anilines is 3. The second-order valence-electron chi connectivity index (χ2n) is 9.38. The third-order valence-electron chi connectivity index (χ3n) is 7.23. The second-order valence-corrected chi connectivity index (χ2v) is 10.7. The number of thioether (sulfide) groups is 1. The van der Waals surface area contributed by atoms with Crippen LogP contribution in [-0.2, 0) is 4.79 Å². The first-order chi connectivity index (χ1) is 17.0. The standard InChI is InChI=1S/C28H29N5OS/c1-5-35-23-10-6-9-21-25(23)17(2)33(26(21)19-8-7-15-29-16-19)24-14-13-22-27(30-24)32(20-11-12-20)18(3)28(34)31(22)4/h6-10,13-16,18,20,26H,2,5,11-12H2,1,3-4H3. The van der Waals surface area contributed by atoms with E-state index in [2.05, 4.69) is 52.6 Å². The lowest BCUT2D eigenvalue weighted by Crippen LogP contribution is -2.52. The van der Waals surface area contributed by atoms with Crippen molar-refractivity contribution in [2.75, 3.05) is 27.5 Å². The fraction of sp³-hybridized carbons (Fsp3) is 0.321. The molecule has 1 saturated carbocycles. The van der Waals surface area contributed by atoms with E-state index < -0.39 is 0 Å². The summed E-state index contributed by atoms with van der Waals surface area (Å²) < 4.78 is 0. The fourth-order valence-electron chi connectivity index (χ4n) is 5.47. The van der Waals surface area contributed by atoms with Gasteiger partial charge in [0.1, 0.15) is 11.9 Å². The number of hydrogen-bond acceptors (Lipinski definition) is 6. The highest BCUT2D eigenvalue weighted by Crippen LogP contribution is 2.50. The Kier molecular flexibility index (Phi) is 5.33. The molecular weight excluding hydrogens is 454 g/mol. The highest BCUT2D eigenvalue weighted by atomic mass is 32.2. The minimum atomic E-state index is -0.219. The number of carbonyl (C=O) groups excluding carboxylic acids is 1. The van der Waals surface area contributed by atoms with Crippen LogP contribution >= 0.6 is 11.8 Å². The topological polar surface area (TPSA) is 52.6 Å². The van der Waals surface area contributed by atoms with E-state index >= 15 is 0 Å². The SMILES string of the molecule is C=C1c2c(SCC)cccc2C(c2cccnc2)N1c1ccc2c(n1)N(C1CC1)C(C)C(=O)N2C. The highest BCUT2D eigenvalue weighted by Gasteiger charge is 2.44. The molecule has 0 bridgehead atoms. The van der Waals surface area contributed by atoms with Gasteiger partial charge in [0.25, 0.3) is 0 Å². The van der Waals surface area contributed by atoms with Crippen molar-refractivity contribution in [3.05, 3.63) is 78.1 Å². The van der Waals surface area contributed by atoms with Gasteiger partial charge in [0.15, 0.2) is 5.82 Å². The molecule has 0 saturated heterocycles. The van der Waals surface area contributed by atoms with Crippen molar-refractivity contribution in [2.24, 2.45) is 0 Å². The molecule has 1 fully saturated rings. The van der Waals surface area contributed by atoms with E-state index in [1.165, 1.54) is 16.0 Å². The minimum Gasteiger partial charge on any atom is -0.340 e. The number of carbonyl (C=O) groups is 1. The highest BCUT2D eigenvalue weighted by molar-refractivity contribution is 7.99. The molecule has 178 valence electrons. The largest absolute Gasteiger partial charge is 0.340 e. The molecular formula is C28H29N5OS. The zero-order valence-electron chi connectivity index (χ0n) is 20.3. The summed E-state index contributed by atoms with van der Waals surface area (Å²) in [5.41, 5.74) is 5.33. The zero-order valence-corrected chi connectivity index (χ0v) is 21.1. The van der Waals surface area contributed by atoms with Crippen LogP contribution in [0.25, 0.3) is 5.70 Å². The van der Waals surface area contributed by atoms with Crippen molar-refractivity contribution < 1.29 is 4.79 Å². The normalized spacial score (nSPS) is 21.4. The number of likely N-dealkylation sites (N-methyl/N-ethyl adjacent to an activating group) is 1. The molecule has 0 N–H and O–H groups in total. The van der Waals surface area contributed by atoms with E-state index in [-0.39, 0.29) is 18.0 Å². The Bertz CT molecular complexity index is 1320. The Hall–Kier alpha value is -3.32. The van der Waals surface area contributed by atoms with Gasteiger partial charge in [-0.1, -0.05) is 31.7 Å². The summed E-state index contributed by atoms with van der Waals surface area (Å²) in [6.45, 7) is 8.73. The third-order valence-corrected chi connectivity index (χ3v) is 8.17. The number of benzene rings is 1. The number of hydrogen-bond donors (Lipinski definition) is 0. The molecule has 2 aromatic heterocycles. The number of aromatic nitrogens is 2. The lowest BCUT2D eigenvalue weighted by Gasteiger charge is -2.40. The van der Waals surface area contributed by atoms with Crippen molar-refractivity contribution in [2.45, 2.75) is 49.7 Å². The maximum absolute atomic E-state index is 12.9. The van der Waals surface area contributed by atoms with Gasteiger partial charge in [-0.2, -0.15) is 0 Å². The molecule has 1 aromatic carbocycles. The van der Waals surface area contributed by atoms with Gasteiger partial charge in [-0.3, -0.25) is 9.78 Å². The van der Waals surface area contributed by atoms with Crippen LogP contribution in [0.15, 0.2) is 66.3 Å². The van der Waals surface area contributed by atoms with Gasteiger partial charge in [-0.25, -0.2) is 4.98 Å². The number of nitrogens with zero attached hydrogens (tertiary/aromatic N) is 5. The molecule has 1 aliphatic carbocycles. The Balaban J connectivity index is 1.52. The second kappa shape index (κ2) is 8.41. The van der Waals surface area contributed by atoms with Crippen molar-refractivity contribution in [3.8, 4) is 0 Å². The number of pyridine rings is 2. The molecule has 3 aromatic rings. The average molecular weight is 484 g/mol. The van der Waals surface area contributed by atoms with Crippen LogP contribution in [0, 0.1) is 0 Å². The smallest absolute Gasteiger partial charge is 0.249 e. The Morgan fingerprint density at radius 2 is 1.97 bits per heavy atom. The van der Waals surface area contributed by atoms with Crippen LogP contribution in [0.5, 0.6) is 0 Å². The molecule has 0 spiro atoms. The predicted molar refractivity (Wildman–Crippen MR) is 143 cm³/mol. The van der Waals surface area contributed by atoms with E-state index in [0.717, 1.165) is 47.2 Å². The molecule has 2 atom stereocenters. The van der Waals surface area contributed by atoms with Crippen LogP contribution in [0.2, 0.25) is 0 Å². The van der Waals surface area contributed by atoms with Crippen molar-refractivity contribution in [3.63, 3.8) is 0 Å². The quantitative estimate of drug-likeness (QED) is 0.447. The first-order valence-corrected chi connectivity index (χ1v) is 13.2. The van der Waals surface area contributed by atoms with Crippen LogP contribution in [0.3, 0.4) is 0 Å². The van der Waals surface area contributed by atoms with Gasteiger partial charge in [0.2, 0.25) is 5.91 Å². The average Bonchev–Trinajstić information content (AvgIpc) is 3.66. The maximum atomic E-state index is 12.9. The lowest BCUT2D eigenvalue weighted by atomic mass is 9.99. The maximum Gasteiger partial charge on any atom is 0.249 e. The van der Waals surface area contributed by atoms with Gasteiger partial charge >= 0.3 is 0 Å². The van der Waals surface area contributed by atoms with Crippen LogP contribution in [-0.4, -0.2) is 40.8 Å². The number of fused-ring (bicyclic) bond motifs is 2. The summed E-state index contributed by atoms with van der Waals surface area (Å²) in [5, 5.41) is 0. The van der Waals surface area contributed by atoms with Gasteiger partial charge < -0.3 is 14.7 Å². The molecule has 0 radical (unpaired) electrons. The Morgan fingerprint density at radius 3 is 2.69 bits per heavy atom. The summed E-state index contributed by atoms with van der Waals surface area (Å²) in [6, 6.07) is 14.8. The molecule has 6 rings (SSSR count). The molecule has 3 aliphatic rings. The monoisotopic (exact) mass is 483 g/mol. The minimum absolute atomic E-state index is 0.0658. The van der Waals surface area contributed by atoms with Crippen LogP contribution in [0.1, 0.15) is 49.4 Å². The summed E-state index contributed by atoms with van der Waals surface area (Å²) in [7, 11) is 1.85. The molecule has 2 unspecified atom stereocenters. The van der Waals surface area contributed by atoms with Crippen molar-refractivity contribution in [1.29, 1.82) is 0 Å². The van der Waals surface area contributed by atoms with Crippen molar-refractivity contribution in [1.82, 2.24) is 9.97 Å². The predicted octanol–water partition coefficient (Wildman–Crippen LogP) is 5.50. The van der Waals surface area contributed by atoms with Crippen LogP contribution in [0.4, 0.5) is 17.3 Å². The van der Waals surface area contributed by atoms with E-state index in [9.17, 15) is 4.79 Å². The van der Waals surface area contributed by atoms with Gasteiger partial charge in [0, 0.05) is 41.6 Å². The molecule has 1 amide bonds. The molecule has 35 heavy (non-hydrogen) atoms. The molecule has 6 nitrogen and oxygen atoms in total. The van der Waals surface area contributed by atoms with E-state index in [1.807, 2.05) is 50.1 Å². The number of amides is 1. The summed E-state index contributed by atoms with van der Waals surface area (Å²) >= 11 is 1.84. The van der Waals surface area contributed by atoms with Gasteiger partial charge in [-0.15, -0.1) is 11.8 Å². The fourth-order valence-corrected chi connectivity index (χ4v) is 6.34. The summed E-state index contributed by atoms with van der Waals surface area (Å²) in [6.07, 6.45) is 5.94. The van der Waals surface area contributed by atoms with Crippen LogP contribution < -0.4 is 14.7 Å². The number of rotatable bonds is 5. The third kappa shape index (κ3) is 3.44. The molecule has 7 heteroatoms. The first-order valence-electron chi connectivity index (χ1n) is 12.2. The molecule has 2 aliphatic heterocycles. The van der Waals surface area contributed by atoms with Gasteiger partial charge in [0.05, 0.1) is 11.7 Å².